The number of rotatable bonds is 5. The molecule has 0 radical (unpaired) electrons. The number of morpholine rings is 1. The Morgan fingerprint density at radius 2 is 2.50 bits per heavy atom. The Morgan fingerprint density at radius 1 is 1.61 bits per heavy atom. The maximum absolute atomic E-state index is 12.0. The number of amides is 1. The van der Waals surface area contributed by atoms with Gasteiger partial charge in [0.2, 0.25) is 5.91 Å². The van der Waals surface area contributed by atoms with Gasteiger partial charge in [0, 0.05) is 32.3 Å². The predicted octanol–water partition coefficient (Wildman–Crippen LogP) is -0.885. The molecule has 0 spiro atoms. The smallest absolute Gasteiger partial charge is 0.224 e. The van der Waals surface area contributed by atoms with Crippen LogP contribution < -0.4 is 5.32 Å². The summed E-state index contributed by atoms with van der Waals surface area (Å²) in [6.07, 6.45) is 3.92. The van der Waals surface area contributed by atoms with Gasteiger partial charge in [-0.05, 0) is 7.05 Å². The van der Waals surface area contributed by atoms with E-state index >= 15 is 0 Å². The van der Waals surface area contributed by atoms with Gasteiger partial charge in [-0.3, -0.25) is 9.48 Å². The summed E-state index contributed by atoms with van der Waals surface area (Å²) in [6.45, 7) is 3.30. The van der Waals surface area contributed by atoms with Gasteiger partial charge in [-0.25, -0.2) is 0 Å². The van der Waals surface area contributed by atoms with Crippen LogP contribution in [0.2, 0.25) is 0 Å². The molecule has 0 aromatic carbocycles. The minimum absolute atomic E-state index is 0.0964. The molecule has 1 aliphatic rings. The second-order valence-corrected chi connectivity index (χ2v) is 4.31. The monoisotopic (exact) mass is 253 g/mol. The van der Waals surface area contributed by atoms with Gasteiger partial charge < -0.3 is 15.0 Å². The summed E-state index contributed by atoms with van der Waals surface area (Å²) in [5, 5.41) is 10.6. The molecule has 1 unspecified atom stereocenters. The molecule has 0 aliphatic carbocycles. The number of aryl methyl sites for hydroxylation is 1. The minimum Gasteiger partial charge on any atom is -0.373 e. The molecule has 1 amide bonds. The normalized spacial score (nSPS) is 20.1. The van der Waals surface area contributed by atoms with Crippen LogP contribution in [0.5, 0.6) is 0 Å². The number of carbonyl (C=O) groups is 1. The Hall–Kier alpha value is -1.47. The standard InChI is InChI=1S/C11H19N5O2/c1-12-8-10-9-15(6-7-18-10)11(17)2-4-16-5-3-13-14-16/h3,5,10,12H,2,4,6-9H2,1H3. The largest absolute Gasteiger partial charge is 0.373 e. The van der Waals surface area contributed by atoms with E-state index in [1.54, 1.807) is 17.1 Å². The summed E-state index contributed by atoms with van der Waals surface area (Å²) >= 11 is 0. The number of carbonyl (C=O) groups excluding carboxylic acids is 1. The second-order valence-electron chi connectivity index (χ2n) is 4.31. The number of likely N-dealkylation sites (N-methyl/N-ethyl adjacent to an activating group) is 1. The van der Waals surface area contributed by atoms with Crippen molar-refractivity contribution < 1.29 is 9.53 Å². The third kappa shape index (κ3) is 3.51. The zero-order chi connectivity index (χ0) is 12.8. The molecule has 0 saturated carbocycles. The van der Waals surface area contributed by atoms with E-state index in [2.05, 4.69) is 15.6 Å². The fourth-order valence-corrected chi connectivity index (χ4v) is 2.02. The molecule has 1 aliphatic heterocycles. The molecular formula is C11H19N5O2. The number of hydrogen-bond acceptors (Lipinski definition) is 5. The van der Waals surface area contributed by atoms with Crippen molar-refractivity contribution in [2.24, 2.45) is 0 Å². The van der Waals surface area contributed by atoms with Crippen molar-refractivity contribution in [1.82, 2.24) is 25.2 Å². The van der Waals surface area contributed by atoms with Crippen molar-refractivity contribution in [2.75, 3.05) is 33.3 Å². The lowest BCUT2D eigenvalue weighted by molar-refractivity contribution is -0.138. The van der Waals surface area contributed by atoms with Crippen molar-refractivity contribution in [3.63, 3.8) is 0 Å². The van der Waals surface area contributed by atoms with Gasteiger partial charge in [0.1, 0.15) is 0 Å². The summed E-state index contributed by atoms with van der Waals surface area (Å²) in [5.41, 5.74) is 0. The van der Waals surface area contributed by atoms with Crippen molar-refractivity contribution in [3.8, 4) is 0 Å². The van der Waals surface area contributed by atoms with Crippen molar-refractivity contribution in [3.05, 3.63) is 12.4 Å². The Balaban J connectivity index is 1.77. The van der Waals surface area contributed by atoms with Crippen LogP contribution in [-0.2, 0) is 16.1 Å². The average molecular weight is 253 g/mol. The zero-order valence-corrected chi connectivity index (χ0v) is 10.6. The molecule has 2 rings (SSSR count). The summed E-state index contributed by atoms with van der Waals surface area (Å²) in [7, 11) is 1.88. The van der Waals surface area contributed by atoms with E-state index in [4.69, 9.17) is 4.74 Å². The fourth-order valence-electron chi connectivity index (χ4n) is 2.02. The van der Waals surface area contributed by atoms with Crippen molar-refractivity contribution in [2.45, 2.75) is 19.1 Å². The molecule has 7 heteroatoms. The number of nitrogens with zero attached hydrogens (tertiary/aromatic N) is 4. The molecule has 1 atom stereocenters. The van der Waals surface area contributed by atoms with Gasteiger partial charge in [-0.2, -0.15) is 0 Å². The minimum atomic E-state index is 0.0964. The summed E-state index contributed by atoms with van der Waals surface area (Å²) in [5.74, 6) is 0.148. The van der Waals surface area contributed by atoms with Crippen LogP contribution in [0.1, 0.15) is 6.42 Å². The number of aromatic nitrogens is 3. The molecule has 100 valence electrons. The van der Waals surface area contributed by atoms with Crippen LogP contribution in [-0.4, -0.2) is 65.2 Å². The SMILES string of the molecule is CNCC1CN(C(=O)CCn2ccnn2)CCO1. The second kappa shape index (κ2) is 6.46. The zero-order valence-electron chi connectivity index (χ0n) is 10.6. The Morgan fingerprint density at radius 3 is 3.22 bits per heavy atom. The molecule has 2 heterocycles. The van der Waals surface area contributed by atoms with E-state index in [9.17, 15) is 4.79 Å². The highest BCUT2D eigenvalue weighted by molar-refractivity contribution is 5.76. The van der Waals surface area contributed by atoms with Gasteiger partial charge in [-0.15, -0.1) is 5.10 Å². The predicted molar refractivity (Wildman–Crippen MR) is 64.9 cm³/mol. The van der Waals surface area contributed by atoms with Crippen LogP contribution in [0, 0.1) is 0 Å². The van der Waals surface area contributed by atoms with Crippen LogP contribution in [0.3, 0.4) is 0 Å². The Bertz CT molecular complexity index is 366. The number of ether oxygens (including phenoxy) is 1. The van der Waals surface area contributed by atoms with Crippen molar-refractivity contribution in [1.29, 1.82) is 0 Å². The highest BCUT2D eigenvalue weighted by Gasteiger charge is 2.23. The lowest BCUT2D eigenvalue weighted by Gasteiger charge is -2.33. The van der Waals surface area contributed by atoms with Gasteiger partial charge in [-0.1, -0.05) is 5.21 Å². The van der Waals surface area contributed by atoms with Gasteiger partial charge in [0.25, 0.3) is 0 Å². The van der Waals surface area contributed by atoms with Gasteiger partial charge >= 0.3 is 0 Å². The molecule has 18 heavy (non-hydrogen) atoms. The highest BCUT2D eigenvalue weighted by atomic mass is 16.5. The fraction of sp³-hybridized carbons (Fsp3) is 0.727. The van der Waals surface area contributed by atoms with Crippen LogP contribution >= 0.6 is 0 Å². The third-order valence-electron chi connectivity index (χ3n) is 2.95. The summed E-state index contributed by atoms with van der Waals surface area (Å²) in [4.78, 5) is 13.9. The Labute approximate surface area is 106 Å². The average Bonchev–Trinajstić information content (AvgIpc) is 2.90. The molecule has 7 nitrogen and oxygen atoms in total. The molecule has 0 bridgehead atoms. The first-order valence-corrected chi connectivity index (χ1v) is 6.17. The lowest BCUT2D eigenvalue weighted by atomic mass is 10.2. The molecule has 1 aromatic heterocycles. The van der Waals surface area contributed by atoms with Crippen LogP contribution in [0.25, 0.3) is 0 Å². The van der Waals surface area contributed by atoms with E-state index in [0.717, 1.165) is 6.54 Å². The summed E-state index contributed by atoms with van der Waals surface area (Å²) < 4.78 is 7.24. The van der Waals surface area contributed by atoms with E-state index < -0.39 is 0 Å². The van der Waals surface area contributed by atoms with E-state index in [0.29, 0.717) is 32.7 Å². The summed E-state index contributed by atoms with van der Waals surface area (Å²) in [6, 6.07) is 0. The quantitative estimate of drug-likeness (QED) is 0.737. The maximum atomic E-state index is 12.0. The van der Waals surface area contributed by atoms with E-state index in [1.165, 1.54) is 0 Å². The molecular weight excluding hydrogens is 234 g/mol. The topological polar surface area (TPSA) is 72.3 Å². The van der Waals surface area contributed by atoms with E-state index in [-0.39, 0.29) is 12.0 Å². The number of hydrogen-bond donors (Lipinski definition) is 1. The first kappa shape index (κ1) is 13.0. The number of nitrogens with one attached hydrogen (secondary N) is 1. The maximum Gasteiger partial charge on any atom is 0.224 e. The van der Waals surface area contributed by atoms with Crippen LogP contribution in [0.15, 0.2) is 12.4 Å². The third-order valence-corrected chi connectivity index (χ3v) is 2.95. The molecule has 1 saturated heterocycles. The van der Waals surface area contributed by atoms with Gasteiger partial charge in [0.05, 0.1) is 25.5 Å². The molecule has 1 N–H and O–H groups in total. The van der Waals surface area contributed by atoms with Crippen molar-refractivity contribution >= 4 is 5.91 Å². The molecule has 1 aromatic rings. The Kier molecular flexibility index (Phi) is 4.66. The van der Waals surface area contributed by atoms with Gasteiger partial charge in [0.15, 0.2) is 0 Å². The highest BCUT2D eigenvalue weighted by Crippen LogP contribution is 2.06. The van der Waals surface area contributed by atoms with E-state index in [1.807, 2.05) is 11.9 Å². The molecule has 1 fully saturated rings. The first-order chi connectivity index (χ1) is 8.79. The lowest BCUT2D eigenvalue weighted by Crippen LogP contribution is -2.48. The first-order valence-electron chi connectivity index (χ1n) is 6.17. The van der Waals surface area contributed by atoms with Crippen LogP contribution in [0.4, 0.5) is 0 Å².